The van der Waals surface area contributed by atoms with Crippen LogP contribution in [0.15, 0.2) is 24.3 Å². The number of nitrogens with one attached hydrogen (secondary N) is 1. The molecule has 0 unspecified atom stereocenters. The molecule has 0 spiro atoms. The van der Waals surface area contributed by atoms with Crippen LogP contribution in [0.1, 0.15) is 25.3 Å². The van der Waals surface area contributed by atoms with Gasteiger partial charge in [0.1, 0.15) is 0 Å². The maximum Gasteiger partial charge on any atom is 0.321 e. The van der Waals surface area contributed by atoms with Gasteiger partial charge in [-0.1, -0.05) is 17.7 Å². The molecule has 2 aliphatic rings. The summed E-state index contributed by atoms with van der Waals surface area (Å²) in [5, 5.41) is 2.85. The van der Waals surface area contributed by atoms with Crippen molar-refractivity contribution >= 4 is 21.7 Å². The molecule has 1 saturated heterocycles. The van der Waals surface area contributed by atoms with Crippen LogP contribution in [0.5, 0.6) is 0 Å². The Labute approximate surface area is 137 Å². The first kappa shape index (κ1) is 16.3. The minimum Gasteiger partial charge on any atom is -0.322 e. The summed E-state index contributed by atoms with van der Waals surface area (Å²) in [6.45, 7) is 5.39. The lowest BCUT2D eigenvalue weighted by Gasteiger charge is -2.35. The minimum atomic E-state index is -3.23. The Morgan fingerprint density at radius 2 is 1.65 bits per heavy atom. The van der Waals surface area contributed by atoms with Gasteiger partial charge in [-0.2, -0.15) is 4.31 Å². The molecule has 0 radical (unpaired) electrons. The lowest BCUT2D eigenvalue weighted by atomic mass is 10.2. The average molecular weight is 337 g/mol. The first-order valence-electron chi connectivity index (χ1n) is 7.94. The van der Waals surface area contributed by atoms with Crippen molar-refractivity contribution < 1.29 is 13.2 Å². The normalized spacial score (nSPS) is 21.0. The van der Waals surface area contributed by atoms with Crippen molar-refractivity contribution in [3.8, 4) is 0 Å². The summed E-state index contributed by atoms with van der Waals surface area (Å²) in [6.07, 6.45) is 1.48. The van der Waals surface area contributed by atoms with E-state index in [4.69, 9.17) is 0 Å². The summed E-state index contributed by atoms with van der Waals surface area (Å²) >= 11 is 0. The van der Waals surface area contributed by atoms with Crippen molar-refractivity contribution in [1.82, 2.24) is 9.21 Å². The lowest BCUT2D eigenvalue weighted by Crippen LogP contribution is -2.53. The topological polar surface area (TPSA) is 69.7 Å². The van der Waals surface area contributed by atoms with Crippen LogP contribution in [0.3, 0.4) is 0 Å². The van der Waals surface area contributed by atoms with E-state index in [2.05, 4.69) is 5.32 Å². The number of carbonyl (C=O) groups is 1. The first-order valence-corrected chi connectivity index (χ1v) is 9.38. The average Bonchev–Trinajstić information content (AvgIpc) is 3.29. The molecule has 1 heterocycles. The summed E-state index contributed by atoms with van der Waals surface area (Å²) in [7, 11) is -3.23. The van der Waals surface area contributed by atoms with E-state index in [-0.39, 0.29) is 6.03 Å². The first-order chi connectivity index (χ1) is 10.8. The second kappa shape index (κ2) is 5.79. The maximum absolute atomic E-state index is 12.5. The lowest BCUT2D eigenvalue weighted by molar-refractivity contribution is 0.184. The van der Waals surface area contributed by atoms with E-state index >= 15 is 0 Å². The number of anilines is 1. The van der Waals surface area contributed by atoms with Gasteiger partial charge >= 0.3 is 6.03 Å². The van der Waals surface area contributed by atoms with Crippen LogP contribution in [0.25, 0.3) is 0 Å². The second-order valence-corrected chi connectivity index (χ2v) is 9.09. The quantitative estimate of drug-likeness (QED) is 0.917. The molecule has 1 aromatic rings. The van der Waals surface area contributed by atoms with Gasteiger partial charge < -0.3 is 10.2 Å². The summed E-state index contributed by atoms with van der Waals surface area (Å²) in [6, 6.07) is 7.43. The molecule has 1 aliphatic carbocycles. The number of carbonyl (C=O) groups excluding carboxylic acids is 1. The molecule has 1 aromatic carbocycles. The summed E-state index contributed by atoms with van der Waals surface area (Å²) in [5.41, 5.74) is 1.89. The molecule has 126 valence electrons. The van der Waals surface area contributed by atoms with Gasteiger partial charge in [0.2, 0.25) is 10.0 Å². The monoisotopic (exact) mass is 337 g/mol. The number of hydrogen-bond acceptors (Lipinski definition) is 3. The van der Waals surface area contributed by atoms with Crippen molar-refractivity contribution in [2.45, 2.75) is 31.4 Å². The number of rotatable bonds is 3. The number of benzene rings is 1. The highest BCUT2D eigenvalue weighted by molar-refractivity contribution is 7.90. The van der Waals surface area contributed by atoms with Crippen molar-refractivity contribution in [2.24, 2.45) is 0 Å². The van der Waals surface area contributed by atoms with Crippen LogP contribution < -0.4 is 5.32 Å². The predicted molar refractivity (Wildman–Crippen MR) is 89.9 cm³/mol. The number of amides is 2. The van der Waals surface area contributed by atoms with E-state index in [1.54, 1.807) is 11.8 Å². The van der Waals surface area contributed by atoms with E-state index in [0.717, 1.165) is 24.1 Å². The third-order valence-corrected chi connectivity index (χ3v) is 7.44. The number of aryl methyl sites for hydroxylation is 1. The molecule has 2 amide bonds. The van der Waals surface area contributed by atoms with Gasteiger partial charge in [-0.05, 0) is 38.8 Å². The Kier molecular flexibility index (Phi) is 4.10. The zero-order valence-electron chi connectivity index (χ0n) is 13.6. The van der Waals surface area contributed by atoms with Gasteiger partial charge in [0, 0.05) is 31.9 Å². The Bertz CT molecular complexity index is 688. The second-order valence-electron chi connectivity index (χ2n) is 6.64. The molecule has 3 rings (SSSR count). The van der Waals surface area contributed by atoms with Crippen molar-refractivity contribution in [3.63, 3.8) is 0 Å². The number of piperazine rings is 1. The van der Waals surface area contributed by atoms with E-state index in [0.29, 0.717) is 26.2 Å². The molecule has 6 nitrogen and oxygen atoms in total. The molecule has 1 N–H and O–H groups in total. The van der Waals surface area contributed by atoms with Gasteiger partial charge in [-0.3, -0.25) is 0 Å². The highest BCUT2D eigenvalue weighted by Gasteiger charge is 2.53. The Morgan fingerprint density at radius 3 is 2.17 bits per heavy atom. The molecule has 0 atom stereocenters. The molecule has 23 heavy (non-hydrogen) atoms. The summed E-state index contributed by atoms with van der Waals surface area (Å²) in [4.78, 5) is 13.9. The van der Waals surface area contributed by atoms with Crippen LogP contribution in [0.4, 0.5) is 10.5 Å². The van der Waals surface area contributed by atoms with E-state index in [9.17, 15) is 13.2 Å². The Hall–Kier alpha value is -1.60. The van der Waals surface area contributed by atoms with Crippen LogP contribution in [0.2, 0.25) is 0 Å². The van der Waals surface area contributed by atoms with Crippen LogP contribution in [0, 0.1) is 6.92 Å². The highest BCUT2D eigenvalue weighted by atomic mass is 32.2. The molecular weight excluding hydrogens is 314 g/mol. The third-order valence-electron chi connectivity index (χ3n) is 4.75. The fraction of sp³-hybridized carbons (Fsp3) is 0.562. The largest absolute Gasteiger partial charge is 0.322 e. The number of hydrogen-bond donors (Lipinski definition) is 1. The van der Waals surface area contributed by atoms with Crippen molar-refractivity contribution in [3.05, 3.63) is 29.8 Å². The fourth-order valence-corrected chi connectivity index (χ4v) is 4.60. The van der Waals surface area contributed by atoms with Gasteiger partial charge in [0.15, 0.2) is 0 Å². The number of urea groups is 1. The third kappa shape index (κ3) is 3.21. The van der Waals surface area contributed by atoms with Crippen LogP contribution in [-0.2, 0) is 10.0 Å². The zero-order valence-corrected chi connectivity index (χ0v) is 14.4. The Morgan fingerprint density at radius 1 is 1.09 bits per heavy atom. The molecule has 2 fully saturated rings. The van der Waals surface area contributed by atoms with Gasteiger partial charge in [-0.15, -0.1) is 0 Å². The standard InChI is InChI=1S/C16H23N3O3S/c1-13-3-5-14(6-4-13)17-15(20)18-9-11-19(12-10-18)23(21,22)16(2)7-8-16/h3-6H,7-12H2,1-2H3,(H,17,20). The molecule has 0 aromatic heterocycles. The van der Waals surface area contributed by atoms with Crippen LogP contribution >= 0.6 is 0 Å². The highest BCUT2D eigenvalue weighted by Crippen LogP contribution is 2.44. The molecule has 7 heteroatoms. The molecule has 0 bridgehead atoms. The summed E-state index contributed by atoms with van der Waals surface area (Å²) in [5.74, 6) is 0. The van der Waals surface area contributed by atoms with Gasteiger partial charge in [0.25, 0.3) is 0 Å². The minimum absolute atomic E-state index is 0.177. The number of sulfonamides is 1. The molecule has 1 aliphatic heterocycles. The van der Waals surface area contributed by atoms with Gasteiger partial charge in [-0.25, -0.2) is 13.2 Å². The van der Waals surface area contributed by atoms with E-state index < -0.39 is 14.8 Å². The van der Waals surface area contributed by atoms with E-state index in [1.165, 1.54) is 4.31 Å². The van der Waals surface area contributed by atoms with Gasteiger partial charge in [0.05, 0.1) is 4.75 Å². The van der Waals surface area contributed by atoms with Crippen LogP contribution in [-0.4, -0.2) is 54.6 Å². The Balaban J connectivity index is 1.56. The van der Waals surface area contributed by atoms with E-state index in [1.807, 2.05) is 31.2 Å². The fourth-order valence-electron chi connectivity index (χ4n) is 2.72. The summed E-state index contributed by atoms with van der Waals surface area (Å²) < 4.78 is 25.9. The maximum atomic E-state index is 12.5. The predicted octanol–water partition coefficient (Wildman–Crippen LogP) is 2.03. The SMILES string of the molecule is Cc1ccc(NC(=O)N2CCN(S(=O)(=O)C3(C)CC3)CC2)cc1. The zero-order chi connectivity index (χ0) is 16.7. The number of nitrogens with zero attached hydrogens (tertiary/aromatic N) is 2. The smallest absolute Gasteiger partial charge is 0.321 e. The van der Waals surface area contributed by atoms with Crippen molar-refractivity contribution in [2.75, 3.05) is 31.5 Å². The molecule has 1 saturated carbocycles. The molecular formula is C16H23N3O3S. The van der Waals surface area contributed by atoms with Crippen molar-refractivity contribution in [1.29, 1.82) is 0 Å².